The highest BCUT2D eigenvalue weighted by Crippen LogP contribution is 2.41. The number of amides is 1. The third-order valence-corrected chi connectivity index (χ3v) is 7.12. The Balaban J connectivity index is 1.56. The van der Waals surface area contributed by atoms with Crippen LogP contribution in [0.1, 0.15) is 16.5 Å². The van der Waals surface area contributed by atoms with Crippen LogP contribution in [0.3, 0.4) is 0 Å². The molecule has 0 spiro atoms. The van der Waals surface area contributed by atoms with Gasteiger partial charge in [0.2, 0.25) is 5.91 Å². The van der Waals surface area contributed by atoms with Gasteiger partial charge in [0.25, 0.3) is 10.0 Å². The molecule has 0 saturated heterocycles. The molecule has 0 aliphatic carbocycles. The zero-order valence-electron chi connectivity index (χ0n) is 14.9. The lowest BCUT2D eigenvalue weighted by molar-refractivity contribution is -0.116. The number of aromatic nitrogens is 2. The van der Waals surface area contributed by atoms with E-state index in [1.165, 1.54) is 29.7 Å². The summed E-state index contributed by atoms with van der Waals surface area (Å²) in [5.74, 6) is -0.857. The summed E-state index contributed by atoms with van der Waals surface area (Å²) < 4.78 is 29.1. The zero-order chi connectivity index (χ0) is 20.0. The van der Waals surface area contributed by atoms with Crippen molar-refractivity contribution in [3.63, 3.8) is 0 Å². The first-order valence-corrected chi connectivity index (χ1v) is 11.0. The number of pyridine rings is 1. The Kier molecular flexibility index (Phi) is 4.07. The number of para-hydroxylation sites is 1. The van der Waals surface area contributed by atoms with E-state index in [1.807, 2.05) is 24.3 Å². The largest absolute Gasteiger partial charge is 0.325 e. The first-order chi connectivity index (χ1) is 14.0. The summed E-state index contributed by atoms with van der Waals surface area (Å²) in [6, 6.07) is 15.5. The summed E-state index contributed by atoms with van der Waals surface area (Å²) in [5, 5.41) is 3.46. The van der Waals surface area contributed by atoms with Gasteiger partial charge in [0, 0.05) is 11.9 Å². The second kappa shape index (κ2) is 6.64. The van der Waals surface area contributed by atoms with Gasteiger partial charge in [-0.2, -0.15) is 0 Å². The van der Waals surface area contributed by atoms with E-state index in [-0.39, 0.29) is 10.8 Å². The third kappa shape index (κ3) is 3.14. The van der Waals surface area contributed by atoms with Crippen molar-refractivity contribution < 1.29 is 13.2 Å². The molecule has 5 rings (SSSR count). The lowest BCUT2D eigenvalue weighted by atomic mass is 10.0. The monoisotopic (exact) mass is 422 g/mol. The molecule has 1 atom stereocenters. The predicted molar refractivity (Wildman–Crippen MR) is 112 cm³/mol. The fourth-order valence-electron chi connectivity index (χ4n) is 3.30. The van der Waals surface area contributed by atoms with Crippen molar-refractivity contribution in [2.24, 2.45) is 0 Å². The van der Waals surface area contributed by atoms with E-state index in [9.17, 15) is 13.2 Å². The molecule has 4 aromatic rings. The van der Waals surface area contributed by atoms with Gasteiger partial charge in [0.05, 0.1) is 27.0 Å². The molecule has 29 heavy (non-hydrogen) atoms. The van der Waals surface area contributed by atoms with Gasteiger partial charge >= 0.3 is 0 Å². The van der Waals surface area contributed by atoms with Gasteiger partial charge in [0.1, 0.15) is 10.9 Å². The number of benzene rings is 2. The van der Waals surface area contributed by atoms with Crippen LogP contribution in [-0.4, -0.2) is 24.3 Å². The molecule has 2 aromatic carbocycles. The first kappa shape index (κ1) is 17.8. The van der Waals surface area contributed by atoms with E-state index in [0.29, 0.717) is 21.9 Å². The number of nitrogens with one attached hydrogen (secondary N) is 2. The summed E-state index contributed by atoms with van der Waals surface area (Å²) in [6.45, 7) is 0. The Hall–Kier alpha value is -3.30. The van der Waals surface area contributed by atoms with Crippen LogP contribution in [0, 0.1) is 0 Å². The van der Waals surface area contributed by atoms with Crippen LogP contribution in [0.15, 0.2) is 71.9 Å². The van der Waals surface area contributed by atoms with Crippen LogP contribution >= 0.6 is 11.3 Å². The number of carbonyl (C=O) groups is 1. The Morgan fingerprint density at radius 3 is 2.72 bits per heavy atom. The van der Waals surface area contributed by atoms with Gasteiger partial charge in [-0.1, -0.05) is 12.1 Å². The maximum Gasteiger partial charge on any atom is 0.261 e. The number of rotatable bonds is 4. The third-order valence-electron chi connectivity index (χ3n) is 4.64. The second-order valence-electron chi connectivity index (χ2n) is 6.54. The zero-order valence-corrected chi connectivity index (χ0v) is 16.5. The summed E-state index contributed by atoms with van der Waals surface area (Å²) in [5.41, 5.74) is 2.38. The van der Waals surface area contributed by atoms with Crippen molar-refractivity contribution in [3.8, 4) is 0 Å². The van der Waals surface area contributed by atoms with E-state index < -0.39 is 15.9 Å². The van der Waals surface area contributed by atoms with Gasteiger partial charge in [-0.15, -0.1) is 11.3 Å². The number of carbonyl (C=O) groups excluding carboxylic acids is 1. The van der Waals surface area contributed by atoms with E-state index in [2.05, 4.69) is 20.0 Å². The Labute approximate surface area is 170 Å². The molecular weight excluding hydrogens is 408 g/mol. The molecule has 0 saturated carbocycles. The number of hydrogen-bond donors (Lipinski definition) is 2. The van der Waals surface area contributed by atoms with Gasteiger partial charge in [-0.3, -0.25) is 14.5 Å². The van der Waals surface area contributed by atoms with Crippen molar-refractivity contribution in [1.82, 2.24) is 9.97 Å². The maximum atomic E-state index is 12.8. The molecule has 1 unspecified atom stereocenters. The van der Waals surface area contributed by atoms with E-state index in [1.54, 1.807) is 24.4 Å². The molecule has 9 heteroatoms. The minimum Gasteiger partial charge on any atom is -0.325 e. The molecule has 0 radical (unpaired) electrons. The number of anilines is 2. The molecule has 0 fully saturated rings. The summed E-state index contributed by atoms with van der Waals surface area (Å²) >= 11 is 1.43. The summed E-state index contributed by atoms with van der Waals surface area (Å²) in [7, 11) is -3.83. The lowest BCUT2D eigenvalue weighted by Crippen LogP contribution is -2.14. The van der Waals surface area contributed by atoms with Gasteiger partial charge < -0.3 is 5.32 Å². The van der Waals surface area contributed by atoms with Gasteiger partial charge in [-0.05, 0) is 48.0 Å². The molecular formula is C20H14N4O3S2. The standard InChI is InChI=1S/C20H14N4O3S2/c25-19-18(20-23-16-5-1-2-6-17(16)28-20)14-10-13(7-8-15(14)22-19)29(26,27)24-12-4-3-9-21-11-12/h1-11,18,24H,(H,22,25). The van der Waals surface area contributed by atoms with Crippen molar-refractivity contribution in [2.75, 3.05) is 10.0 Å². The quantitative estimate of drug-likeness (QED) is 0.524. The number of nitrogens with zero attached hydrogens (tertiary/aromatic N) is 2. The van der Waals surface area contributed by atoms with Crippen molar-refractivity contribution in [1.29, 1.82) is 0 Å². The molecule has 3 heterocycles. The lowest BCUT2D eigenvalue weighted by Gasteiger charge is -2.10. The SMILES string of the molecule is O=C1Nc2ccc(S(=O)(=O)Nc3cccnc3)cc2C1c1nc2ccccc2s1. The summed E-state index contributed by atoms with van der Waals surface area (Å²) in [6.07, 6.45) is 2.99. The molecule has 7 nitrogen and oxygen atoms in total. The summed E-state index contributed by atoms with van der Waals surface area (Å²) in [4.78, 5) is 21.2. The van der Waals surface area contributed by atoms with E-state index in [0.717, 1.165) is 10.2 Å². The van der Waals surface area contributed by atoms with E-state index in [4.69, 9.17) is 0 Å². The maximum absolute atomic E-state index is 12.8. The second-order valence-corrected chi connectivity index (χ2v) is 9.28. The van der Waals surface area contributed by atoms with Crippen LogP contribution in [0.5, 0.6) is 0 Å². The van der Waals surface area contributed by atoms with Gasteiger partial charge in [0.15, 0.2) is 0 Å². The van der Waals surface area contributed by atoms with Crippen LogP contribution < -0.4 is 10.0 Å². The smallest absolute Gasteiger partial charge is 0.261 e. The molecule has 0 bridgehead atoms. The Morgan fingerprint density at radius 2 is 1.93 bits per heavy atom. The molecule has 2 aromatic heterocycles. The van der Waals surface area contributed by atoms with Crippen LogP contribution in [0.4, 0.5) is 11.4 Å². The highest BCUT2D eigenvalue weighted by molar-refractivity contribution is 7.92. The topological polar surface area (TPSA) is 101 Å². The Morgan fingerprint density at radius 1 is 1.07 bits per heavy atom. The highest BCUT2D eigenvalue weighted by Gasteiger charge is 2.35. The van der Waals surface area contributed by atoms with E-state index >= 15 is 0 Å². The average Bonchev–Trinajstić information content (AvgIpc) is 3.27. The number of thiazole rings is 1. The molecule has 2 N–H and O–H groups in total. The average molecular weight is 422 g/mol. The number of fused-ring (bicyclic) bond motifs is 2. The van der Waals surface area contributed by atoms with Crippen LogP contribution in [0.2, 0.25) is 0 Å². The molecule has 144 valence electrons. The minimum atomic E-state index is -3.83. The highest BCUT2D eigenvalue weighted by atomic mass is 32.2. The molecule has 1 aliphatic heterocycles. The fourth-order valence-corrected chi connectivity index (χ4v) is 5.47. The van der Waals surface area contributed by atoms with Crippen molar-refractivity contribution in [2.45, 2.75) is 10.8 Å². The van der Waals surface area contributed by atoms with Crippen LogP contribution in [0.25, 0.3) is 10.2 Å². The fraction of sp³-hybridized carbons (Fsp3) is 0.0500. The molecule has 1 aliphatic rings. The molecule has 1 amide bonds. The predicted octanol–water partition coefficient (Wildman–Crippen LogP) is 3.58. The Bertz CT molecular complexity index is 1320. The van der Waals surface area contributed by atoms with Crippen molar-refractivity contribution in [3.05, 3.63) is 77.6 Å². The number of sulfonamides is 1. The first-order valence-electron chi connectivity index (χ1n) is 8.74. The van der Waals surface area contributed by atoms with Gasteiger partial charge in [-0.25, -0.2) is 13.4 Å². The normalized spacial score (nSPS) is 15.9. The number of hydrogen-bond acceptors (Lipinski definition) is 6. The van der Waals surface area contributed by atoms with Crippen LogP contribution in [-0.2, 0) is 14.8 Å². The minimum absolute atomic E-state index is 0.0720. The van der Waals surface area contributed by atoms with Crippen molar-refractivity contribution >= 4 is 48.9 Å².